The Morgan fingerprint density at radius 3 is 2.16 bits per heavy atom. The van der Waals surface area contributed by atoms with Crippen LogP contribution in [0.3, 0.4) is 0 Å². The minimum atomic E-state index is 0.138. The molecule has 3 heteroatoms. The number of rotatable bonds is 3. The van der Waals surface area contributed by atoms with Crippen LogP contribution in [0.2, 0.25) is 10.0 Å². The number of benzene rings is 3. The normalized spacial score (nSPS) is 15.6. The number of hydrogen-bond acceptors (Lipinski definition) is 1. The second-order valence-electron chi connectivity index (χ2n) is 6.09. The Kier molecular flexibility index (Phi) is 4.29. The van der Waals surface area contributed by atoms with Gasteiger partial charge in [-0.05, 0) is 70.3 Å². The fraction of sp³-hybridized carbons (Fsp3) is 0.0909. The van der Waals surface area contributed by atoms with Crippen molar-refractivity contribution in [1.82, 2.24) is 0 Å². The van der Waals surface area contributed by atoms with E-state index in [0.717, 1.165) is 15.8 Å². The Balaban J connectivity index is 1.85. The van der Waals surface area contributed by atoms with Crippen LogP contribution >= 0.6 is 23.2 Å². The van der Waals surface area contributed by atoms with E-state index in [-0.39, 0.29) is 5.92 Å². The second kappa shape index (κ2) is 6.59. The van der Waals surface area contributed by atoms with Gasteiger partial charge in [-0.2, -0.15) is 0 Å². The fourth-order valence-electron chi connectivity index (χ4n) is 3.39. The molecule has 0 saturated heterocycles. The summed E-state index contributed by atoms with van der Waals surface area (Å²) in [5.74, 6) is 0.991. The minimum absolute atomic E-state index is 0.138. The highest BCUT2D eigenvalue weighted by Crippen LogP contribution is 2.46. The first-order valence-electron chi connectivity index (χ1n) is 8.06. The molecule has 25 heavy (non-hydrogen) atoms. The minimum Gasteiger partial charge on any atom is -0.497 e. The quantitative estimate of drug-likeness (QED) is 0.501. The standard InChI is InChI=1S/C22H16Cl2O/c1-25-19-10-5-14(6-11-19)20-12-16-4-9-18(24)13-21(16)22(20)15-2-7-17(23)8-3-15/h2-13,22H,1H3. The van der Waals surface area contributed by atoms with Crippen LogP contribution in [0.25, 0.3) is 11.6 Å². The number of fused-ring (bicyclic) bond motifs is 1. The van der Waals surface area contributed by atoms with E-state index in [1.165, 1.54) is 27.8 Å². The van der Waals surface area contributed by atoms with Gasteiger partial charge in [-0.1, -0.05) is 53.5 Å². The molecule has 0 aromatic heterocycles. The summed E-state index contributed by atoms with van der Waals surface area (Å²) in [6.45, 7) is 0. The van der Waals surface area contributed by atoms with E-state index in [1.54, 1.807) is 7.11 Å². The van der Waals surface area contributed by atoms with Crippen molar-refractivity contribution in [3.63, 3.8) is 0 Å². The molecular weight excluding hydrogens is 351 g/mol. The SMILES string of the molecule is COc1ccc(C2=Cc3ccc(Cl)cc3C2c2ccc(Cl)cc2)cc1. The summed E-state index contributed by atoms with van der Waals surface area (Å²) in [4.78, 5) is 0. The number of halogens is 2. The highest BCUT2D eigenvalue weighted by Gasteiger charge is 2.28. The predicted molar refractivity (Wildman–Crippen MR) is 106 cm³/mol. The Labute approximate surface area is 157 Å². The molecule has 1 atom stereocenters. The van der Waals surface area contributed by atoms with Crippen molar-refractivity contribution < 1.29 is 4.74 Å². The molecular formula is C22H16Cl2O. The molecule has 1 aliphatic rings. The molecule has 1 nitrogen and oxygen atoms in total. The molecule has 0 saturated carbocycles. The first-order valence-corrected chi connectivity index (χ1v) is 8.82. The molecule has 0 fully saturated rings. The number of allylic oxidation sites excluding steroid dienone is 1. The molecule has 3 aromatic rings. The van der Waals surface area contributed by atoms with Gasteiger partial charge in [-0.25, -0.2) is 0 Å². The summed E-state index contributed by atoms with van der Waals surface area (Å²) in [6.07, 6.45) is 2.24. The maximum atomic E-state index is 6.27. The van der Waals surface area contributed by atoms with Gasteiger partial charge in [0.25, 0.3) is 0 Å². The third-order valence-electron chi connectivity index (χ3n) is 4.61. The molecule has 0 amide bonds. The van der Waals surface area contributed by atoms with Crippen molar-refractivity contribution in [2.45, 2.75) is 5.92 Å². The highest BCUT2D eigenvalue weighted by atomic mass is 35.5. The summed E-state index contributed by atoms with van der Waals surface area (Å²) >= 11 is 12.4. The molecule has 4 rings (SSSR count). The highest BCUT2D eigenvalue weighted by molar-refractivity contribution is 6.31. The number of methoxy groups -OCH3 is 1. The van der Waals surface area contributed by atoms with Crippen molar-refractivity contribution in [1.29, 1.82) is 0 Å². The van der Waals surface area contributed by atoms with Crippen LogP contribution in [0.15, 0.2) is 66.7 Å². The molecule has 0 heterocycles. The third-order valence-corrected chi connectivity index (χ3v) is 5.10. The van der Waals surface area contributed by atoms with Gasteiger partial charge in [-0.15, -0.1) is 0 Å². The van der Waals surface area contributed by atoms with Crippen LogP contribution in [-0.4, -0.2) is 7.11 Å². The molecule has 124 valence electrons. The molecule has 0 spiro atoms. The molecule has 1 unspecified atom stereocenters. The topological polar surface area (TPSA) is 9.23 Å². The lowest BCUT2D eigenvalue weighted by Crippen LogP contribution is -2.01. The van der Waals surface area contributed by atoms with Gasteiger partial charge in [-0.3, -0.25) is 0 Å². The summed E-state index contributed by atoms with van der Waals surface area (Å²) in [7, 11) is 1.68. The Bertz CT molecular complexity index is 941. The van der Waals surface area contributed by atoms with Crippen LogP contribution < -0.4 is 4.74 Å². The summed E-state index contributed by atoms with van der Waals surface area (Å²) in [5, 5.41) is 1.49. The Morgan fingerprint density at radius 2 is 1.48 bits per heavy atom. The van der Waals surface area contributed by atoms with Gasteiger partial charge in [0.15, 0.2) is 0 Å². The Hall–Kier alpha value is -2.22. The van der Waals surface area contributed by atoms with Gasteiger partial charge in [0, 0.05) is 16.0 Å². The van der Waals surface area contributed by atoms with Crippen molar-refractivity contribution in [2.75, 3.05) is 7.11 Å². The zero-order valence-corrected chi connectivity index (χ0v) is 15.2. The predicted octanol–water partition coefficient (Wildman–Crippen LogP) is 6.69. The molecule has 0 N–H and O–H groups in total. The lowest BCUT2D eigenvalue weighted by Gasteiger charge is -2.18. The summed E-state index contributed by atoms with van der Waals surface area (Å²) in [6, 6.07) is 22.3. The van der Waals surface area contributed by atoms with E-state index < -0.39 is 0 Å². The van der Waals surface area contributed by atoms with Crippen molar-refractivity contribution in [3.8, 4) is 5.75 Å². The largest absolute Gasteiger partial charge is 0.497 e. The average molecular weight is 367 g/mol. The zero-order valence-electron chi connectivity index (χ0n) is 13.7. The maximum absolute atomic E-state index is 6.27. The van der Waals surface area contributed by atoms with E-state index >= 15 is 0 Å². The second-order valence-corrected chi connectivity index (χ2v) is 6.96. The summed E-state index contributed by atoms with van der Waals surface area (Å²) in [5.41, 5.74) is 6.05. The number of hydrogen-bond donors (Lipinski definition) is 0. The monoisotopic (exact) mass is 366 g/mol. The Morgan fingerprint density at radius 1 is 0.800 bits per heavy atom. The maximum Gasteiger partial charge on any atom is 0.118 e. The third kappa shape index (κ3) is 3.06. The van der Waals surface area contributed by atoms with Crippen molar-refractivity contribution in [2.24, 2.45) is 0 Å². The lowest BCUT2D eigenvalue weighted by atomic mass is 9.85. The average Bonchev–Trinajstić information content (AvgIpc) is 3.01. The lowest BCUT2D eigenvalue weighted by molar-refractivity contribution is 0.415. The smallest absolute Gasteiger partial charge is 0.118 e. The van der Waals surface area contributed by atoms with Crippen LogP contribution in [0.1, 0.15) is 28.2 Å². The van der Waals surface area contributed by atoms with E-state index in [4.69, 9.17) is 27.9 Å². The molecule has 0 bridgehead atoms. The van der Waals surface area contributed by atoms with E-state index in [2.05, 4.69) is 42.5 Å². The van der Waals surface area contributed by atoms with Crippen LogP contribution in [0.4, 0.5) is 0 Å². The molecule has 0 aliphatic heterocycles. The van der Waals surface area contributed by atoms with Gasteiger partial charge < -0.3 is 4.74 Å². The van der Waals surface area contributed by atoms with Gasteiger partial charge >= 0.3 is 0 Å². The van der Waals surface area contributed by atoms with E-state index in [0.29, 0.717) is 0 Å². The van der Waals surface area contributed by atoms with Crippen molar-refractivity contribution in [3.05, 3.63) is 99.0 Å². The van der Waals surface area contributed by atoms with Crippen molar-refractivity contribution >= 4 is 34.9 Å². The van der Waals surface area contributed by atoms with E-state index in [9.17, 15) is 0 Å². The van der Waals surface area contributed by atoms with Crippen LogP contribution in [-0.2, 0) is 0 Å². The first kappa shape index (κ1) is 16.3. The van der Waals surface area contributed by atoms with E-state index in [1.807, 2.05) is 30.3 Å². The number of ether oxygens (including phenoxy) is 1. The zero-order chi connectivity index (χ0) is 17.4. The molecule has 0 radical (unpaired) electrons. The summed E-state index contributed by atoms with van der Waals surface area (Å²) < 4.78 is 5.28. The van der Waals surface area contributed by atoms with Gasteiger partial charge in [0.1, 0.15) is 5.75 Å². The van der Waals surface area contributed by atoms with Crippen LogP contribution in [0.5, 0.6) is 5.75 Å². The first-order chi connectivity index (χ1) is 12.2. The molecule has 3 aromatic carbocycles. The van der Waals surface area contributed by atoms with Gasteiger partial charge in [0.2, 0.25) is 0 Å². The fourth-order valence-corrected chi connectivity index (χ4v) is 3.70. The molecule has 1 aliphatic carbocycles. The van der Waals surface area contributed by atoms with Gasteiger partial charge in [0.05, 0.1) is 7.11 Å². The van der Waals surface area contributed by atoms with Crippen LogP contribution in [0, 0.1) is 0 Å².